The van der Waals surface area contributed by atoms with E-state index in [-0.39, 0.29) is 12.0 Å². The van der Waals surface area contributed by atoms with Gasteiger partial charge in [0.1, 0.15) is 6.04 Å². The fraction of sp³-hybridized carbons (Fsp3) is 0.917. The van der Waals surface area contributed by atoms with Gasteiger partial charge in [-0.1, -0.05) is 0 Å². The molecule has 1 unspecified atom stereocenters. The predicted molar refractivity (Wildman–Crippen MR) is 65.7 cm³/mol. The van der Waals surface area contributed by atoms with Gasteiger partial charge in [-0.3, -0.25) is 9.69 Å². The Morgan fingerprint density at radius 1 is 1.47 bits per heavy atom. The van der Waals surface area contributed by atoms with Gasteiger partial charge in [0.15, 0.2) is 0 Å². The molecule has 1 aliphatic rings. The summed E-state index contributed by atoms with van der Waals surface area (Å²) in [4.78, 5) is 13.5. The molecule has 1 atom stereocenters. The lowest BCUT2D eigenvalue weighted by molar-refractivity contribution is -0.147. The summed E-state index contributed by atoms with van der Waals surface area (Å²) in [6.07, 6.45) is 3.19. The van der Waals surface area contributed by atoms with Crippen LogP contribution in [0, 0.1) is 0 Å². The van der Waals surface area contributed by atoms with Crippen molar-refractivity contribution in [2.24, 2.45) is 5.73 Å². The van der Waals surface area contributed by atoms with E-state index in [2.05, 4.69) is 4.90 Å². The number of piperidine rings is 1. The van der Waals surface area contributed by atoms with E-state index in [1.165, 1.54) is 7.11 Å². The maximum Gasteiger partial charge on any atom is 0.322 e. The van der Waals surface area contributed by atoms with Crippen LogP contribution in [-0.2, 0) is 14.3 Å². The quantitative estimate of drug-likeness (QED) is 0.540. The molecular weight excluding hydrogens is 220 g/mol. The average molecular weight is 244 g/mol. The van der Waals surface area contributed by atoms with E-state index >= 15 is 0 Å². The summed E-state index contributed by atoms with van der Waals surface area (Å²) in [7, 11) is 1.43. The molecule has 100 valence electrons. The molecule has 0 aliphatic carbocycles. The van der Waals surface area contributed by atoms with Gasteiger partial charge in [-0.05, 0) is 32.7 Å². The molecule has 1 fully saturated rings. The SMILES string of the molecule is COC(=O)C(C)N1CCC(OCCCN)CC1. The third-order valence-electron chi connectivity index (χ3n) is 3.27. The van der Waals surface area contributed by atoms with Gasteiger partial charge in [0.05, 0.1) is 13.2 Å². The van der Waals surface area contributed by atoms with Gasteiger partial charge in [0, 0.05) is 19.7 Å². The number of nitrogens with zero attached hydrogens (tertiary/aromatic N) is 1. The summed E-state index contributed by atoms with van der Waals surface area (Å²) >= 11 is 0. The Labute approximate surface area is 103 Å². The van der Waals surface area contributed by atoms with Gasteiger partial charge in [0.2, 0.25) is 0 Å². The van der Waals surface area contributed by atoms with E-state index in [1.54, 1.807) is 0 Å². The minimum absolute atomic E-state index is 0.148. The number of hydrogen-bond acceptors (Lipinski definition) is 5. The van der Waals surface area contributed by atoms with Crippen LogP contribution in [0.1, 0.15) is 26.2 Å². The number of likely N-dealkylation sites (tertiary alicyclic amines) is 1. The second-order valence-electron chi connectivity index (χ2n) is 4.45. The lowest BCUT2D eigenvalue weighted by Crippen LogP contribution is -2.46. The molecular formula is C12H24N2O3. The van der Waals surface area contributed by atoms with Crippen LogP contribution in [0.25, 0.3) is 0 Å². The van der Waals surface area contributed by atoms with Crippen LogP contribution in [0.4, 0.5) is 0 Å². The smallest absolute Gasteiger partial charge is 0.322 e. The number of carbonyl (C=O) groups is 1. The first-order chi connectivity index (χ1) is 8.19. The third kappa shape index (κ3) is 4.61. The molecule has 5 heteroatoms. The molecule has 0 aromatic rings. The van der Waals surface area contributed by atoms with Crippen molar-refractivity contribution in [1.29, 1.82) is 0 Å². The van der Waals surface area contributed by atoms with E-state index < -0.39 is 0 Å². The Morgan fingerprint density at radius 3 is 2.65 bits per heavy atom. The first-order valence-corrected chi connectivity index (χ1v) is 6.32. The summed E-state index contributed by atoms with van der Waals surface area (Å²) < 4.78 is 10.5. The molecule has 1 aliphatic heterocycles. The number of hydrogen-bond donors (Lipinski definition) is 1. The van der Waals surface area contributed by atoms with Crippen molar-refractivity contribution in [3.63, 3.8) is 0 Å². The van der Waals surface area contributed by atoms with Gasteiger partial charge in [0.25, 0.3) is 0 Å². The molecule has 0 bridgehead atoms. The predicted octanol–water partition coefficient (Wildman–Crippen LogP) is 0.378. The first kappa shape index (κ1) is 14.4. The van der Waals surface area contributed by atoms with E-state index in [9.17, 15) is 4.79 Å². The summed E-state index contributed by atoms with van der Waals surface area (Å²) in [5.74, 6) is -0.160. The summed E-state index contributed by atoms with van der Waals surface area (Å²) in [6.45, 7) is 5.10. The standard InChI is InChI=1S/C12H24N2O3/c1-10(12(15)16-2)14-7-4-11(5-8-14)17-9-3-6-13/h10-11H,3-9,13H2,1-2H3. The van der Waals surface area contributed by atoms with Crippen molar-refractivity contribution >= 4 is 5.97 Å². The zero-order valence-corrected chi connectivity index (χ0v) is 10.9. The third-order valence-corrected chi connectivity index (χ3v) is 3.27. The molecule has 0 aromatic heterocycles. The van der Waals surface area contributed by atoms with Crippen molar-refractivity contribution in [3.05, 3.63) is 0 Å². The maximum atomic E-state index is 11.4. The minimum Gasteiger partial charge on any atom is -0.468 e. The van der Waals surface area contributed by atoms with Gasteiger partial charge in [-0.25, -0.2) is 0 Å². The van der Waals surface area contributed by atoms with E-state index in [4.69, 9.17) is 15.2 Å². The maximum absolute atomic E-state index is 11.4. The van der Waals surface area contributed by atoms with Gasteiger partial charge >= 0.3 is 5.97 Å². The largest absolute Gasteiger partial charge is 0.468 e. The Bertz CT molecular complexity index is 228. The van der Waals surface area contributed by atoms with Crippen molar-refractivity contribution in [2.75, 3.05) is 33.4 Å². The normalized spacial score (nSPS) is 20.2. The van der Waals surface area contributed by atoms with Crippen LogP contribution < -0.4 is 5.73 Å². The van der Waals surface area contributed by atoms with Crippen LogP contribution in [0.5, 0.6) is 0 Å². The van der Waals surface area contributed by atoms with Crippen LogP contribution in [0.15, 0.2) is 0 Å². The van der Waals surface area contributed by atoms with Crippen LogP contribution in [0.2, 0.25) is 0 Å². The summed E-state index contributed by atoms with van der Waals surface area (Å²) in [5.41, 5.74) is 5.41. The number of ether oxygens (including phenoxy) is 2. The second kappa shape index (κ2) is 7.63. The van der Waals surface area contributed by atoms with E-state index in [0.29, 0.717) is 12.6 Å². The highest BCUT2D eigenvalue weighted by Gasteiger charge is 2.27. The summed E-state index contributed by atoms with van der Waals surface area (Å²) in [5, 5.41) is 0. The Morgan fingerprint density at radius 2 is 2.12 bits per heavy atom. The summed E-state index contributed by atoms with van der Waals surface area (Å²) in [6, 6.07) is -0.148. The van der Waals surface area contributed by atoms with E-state index in [0.717, 1.165) is 39.0 Å². The van der Waals surface area contributed by atoms with Crippen LogP contribution in [-0.4, -0.2) is 56.4 Å². The van der Waals surface area contributed by atoms with E-state index in [1.807, 2.05) is 6.92 Å². The monoisotopic (exact) mass is 244 g/mol. The molecule has 17 heavy (non-hydrogen) atoms. The highest BCUT2D eigenvalue weighted by molar-refractivity contribution is 5.75. The lowest BCUT2D eigenvalue weighted by Gasteiger charge is -2.34. The Kier molecular flexibility index (Phi) is 6.47. The van der Waals surface area contributed by atoms with Crippen molar-refractivity contribution in [3.8, 4) is 0 Å². The molecule has 2 N–H and O–H groups in total. The number of nitrogens with two attached hydrogens (primary N) is 1. The molecule has 0 spiro atoms. The van der Waals surface area contributed by atoms with Gasteiger partial charge < -0.3 is 15.2 Å². The Balaban J connectivity index is 2.23. The van der Waals surface area contributed by atoms with Gasteiger partial charge in [-0.15, -0.1) is 0 Å². The average Bonchev–Trinajstić information content (AvgIpc) is 2.38. The molecule has 1 saturated heterocycles. The molecule has 1 heterocycles. The minimum atomic E-state index is -0.160. The highest BCUT2D eigenvalue weighted by Crippen LogP contribution is 2.16. The van der Waals surface area contributed by atoms with Crippen LogP contribution >= 0.6 is 0 Å². The van der Waals surface area contributed by atoms with Gasteiger partial charge in [-0.2, -0.15) is 0 Å². The zero-order chi connectivity index (χ0) is 12.7. The fourth-order valence-corrected chi connectivity index (χ4v) is 2.08. The van der Waals surface area contributed by atoms with Crippen LogP contribution in [0.3, 0.4) is 0 Å². The number of carbonyl (C=O) groups excluding carboxylic acids is 1. The molecule has 5 nitrogen and oxygen atoms in total. The number of esters is 1. The fourth-order valence-electron chi connectivity index (χ4n) is 2.08. The molecule has 0 radical (unpaired) electrons. The second-order valence-corrected chi connectivity index (χ2v) is 4.45. The first-order valence-electron chi connectivity index (χ1n) is 6.32. The topological polar surface area (TPSA) is 64.8 Å². The molecule has 1 rings (SSSR count). The number of rotatable bonds is 6. The molecule has 0 amide bonds. The highest BCUT2D eigenvalue weighted by atomic mass is 16.5. The zero-order valence-electron chi connectivity index (χ0n) is 10.9. The molecule has 0 aromatic carbocycles. The van der Waals surface area contributed by atoms with Crippen molar-refractivity contribution in [1.82, 2.24) is 4.90 Å². The lowest BCUT2D eigenvalue weighted by atomic mass is 10.1. The Hall–Kier alpha value is -0.650. The van der Waals surface area contributed by atoms with Crippen molar-refractivity contribution < 1.29 is 14.3 Å². The number of methoxy groups -OCH3 is 1. The van der Waals surface area contributed by atoms with Crippen molar-refractivity contribution in [2.45, 2.75) is 38.3 Å². The molecule has 0 saturated carbocycles.